The maximum Gasteiger partial charge on any atom is 0.247 e. The van der Waals surface area contributed by atoms with Gasteiger partial charge in [-0.1, -0.05) is 26.0 Å². The van der Waals surface area contributed by atoms with Crippen molar-refractivity contribution in [2.24, 2.45) is 0 Å². The van der Waals surface area contributed by atoms with E-state index in [2.05, 4.69) is 13.8 Å². The van der Waals surface area contributed by atoms with Gasteiger partial charge in [-0.25, -0.2) is 5.48 Å². The van der Waals surface area contributed by atoms with Crippen LogP contribution in [0.25, 0.3) is 0 Å². The second-order valence-electron chi connectivity index (χ2n) is 3.52. The summed E-state index contributed by atoms with van der Waals surface area (Å²) >= 11 is 1.78. The summed E-state index contributed by atoms with van der Waals surface area (Å²) in [6, 6.07) is 7.79. The minimum Gasteiger partial charge on any atom is -0.289 e. The van der Waals surface area contributed by atoms with Crippen molar-refractivity contribution in [3.63, 3.8) is 0 Å². The Morgan fingerprint density at radius 1 is 1.40 bits per heavy atom. The topological polar surface area (TPSA) is 49.3 Å². The van der Waals surface area contributed by atoms with Crippen LogP contribution >= 0.6 is 11.8 Å². The van der Waals surface area contributed by atoms with Gasteiger partial charge in [0.25, 0.3) is 0 Å². The average Bonchev–Trinajstić information content (AvgIpc) is 2.20. The van der Waals surface area contributed by atoms with Gasteiger partial charge in [-0.15, -0.1) is 11.8 Å². The summed E-state index contributed by atoms with van der Waals surface area (Å²) < 4.78 is 0. The van der Waals surface area contributed by atoms with Gasteiger partial charge in [0.1, 0.15) is 0 Å². The second kappa shape index (κ2) is 5.78. The normalized spacial score (nSPS) is 10.4. The maximum absolute atomic E-state index is 10.9. The van der Waals surface area contributed by atoms with E-state index in [0.29, 0.717) is 5.25 Å². The van der Waals surface area contributed by atoms with Crippen molar-refractivity contribution in [3.05, 3.63) is 29.8 Å². The Morgan fingerprint density at radius 3 is 2.47 bits per heavy atom. The van der Waals surface area contributed by atoms with E-state index in [-0.39, 0.29) is 12.3 Å². The molecule has 4 heteroatoms. The monoisotopic (exact) mass is 225 g/mol. The predicted molar refractivity (Wildman–Crippen MR) is 61.1 cm³/mol. The fourth-order valence-electron chi connectivity index (χ4n) is 1.18. The molecule has 0 radical (unpaired) electrons. The van der Waals surface area contributed by atoms with Gasteiger partial charge in [0.2, 0.25) is 5.91 Å². The van der Waals surface area contributed by atoms with E-state index in [1.807, 2.05) is 24.3 Å². The molecule has 0 unspecified atom stereocenters. The molecule has 15 heavy (non-hydrogen) atoms. The van der Waals surface area contributed by atoms with Crippen molar-refractivity contribution in [2.45, 2.75) is 30.4 Å². The number of thioether (sulfide) groups is 1. The highest BCUT2D eigenvalue weighted by Crippen LogP contribution is 2.22. The lowest BCUT2D eigenvalue weighted by atomic mass is 10.1. The highest BCUT2D eigenvalue weighted by molar-refractivity contribution is 7.99. The first kappa shape index (κ1) is 12.1. The molecule has 2 N–H and O–H groups in total. The first-order chi connectivity index (χ1) is 7.11. The van der Waals surface area contributed by atoms with Gasteiger partial charge in [0.15, 0.2) is 0 Å². The lowest BCUT2D eigenvalue weighted by molar-refractivity contribution is -0.128. The standard InChI is InChI=1S/C11H15NO2S/c1-8(2)15-10-5-3-9(4-6-10)7-11(13)12-14/h3-6,8,14H,7H2,1-2H3,(H,12,13). The molecule has 3 nitrogen and oxygen atoms in total. The van der Waals surface area contributed by atoms with E-state index < -0.39 is 0 Å². The molecular weight excluding hydrogens is 210 g/mol. The van der Waals surface area contributed by atoms with E-state index in [4.69, 9.17) is 5.21 Å². The van der Waals surface area contributed by atoms with E-state index in [1.54, 1.807) is 17.2 Å². The molecule has 82 valence electrons. The van der Waals surface area contributed by atoms with Crippen LogP contribution in [0, 0.1) is 0 Å². The van der Waals surface area contributed by atoms with E-state index in [0.717, 1.165) is 5.56 Å². The van der Waals surface area contributed by atoms with Gasteiger partial charge >= 0.3 is 0 Å². The fraction of sp³-hybridized carbons (Fsp3) is 0.364. The molecule has 1 aromatic rings. The third kappa shape index (κ3) is 4.36. The van der Waals surface area contributed by atoms with Gasteiger partial charge < -0.3 is 0 Å². The molecule has 0 saturated heterocycles. The number of rotatable bonds is 4. The van der Waals surface area contributed by atoms with Crippen LogP contribution in [0.4, 0.5) is 0 Å². The minimum absolute atomic E-state index is 0.211. The van der Waals surface area contributed by atoms with Crippen LogP contribution in [0.2, 0.25) is 0 Å². The Labute approximate surface area is 93.8 Å². The van der Waals surface area contributed by atoms with E-state index >= 15 is 0 Å². The number of carbonyl (C=O) groups excluding carboxylic acids is 1. The van der Waals surface area contributed by atoms with Crippen LogP contribution in [0.1, 0.15) is 19.4 Å². The largest absolute Gasteiger partial charge is 0.289 e. The summed E-state index contributed by atoms with van der Waals surface area (Å²) in [6.07, 6.45) is 0.211. The summed E-state index contributed by atoms with van der Waals surface area (Å²) in [5.74, 6) is -0.390. The van der Waals surface area contributed by atoms with E-state index in [1.165, 1.54) is 4.90 Å². The number of carbonyl (C=O) groups is 1. The quantitative estimate of drug-likeness (QED) is 0.469. The molecule has 0 aliphatic rings. The van der Waals surface area contributed by atoms with Gasteiger partial charge in [-0.3, -0.25) is 10.0 Å². The SMILES string of the molecule is CC(C)Sc1ccc(CC(=O)NO)cc1. The van der Waals surface area contributed by atoms with E-state index in [9.17, 15) is 4.79 Å². The van der Waals surface area contributed by atoms with Crippen molar-refractivity contribution in [3.8, 4) is 0 Å². The zero-order valence-electron chi connectivity index (χ0n) is 8.86. The van der Waals surface area contributed by atoms with Crippen LogP contribution in [-0.2, 0) is 11.2 Å². The second-order valence-corrected chi connectivity index (χ2v) is 5.17. The van der Waals surface area contributed by atoms with Gasteiger partial charge in [-0.05, 0) is 17.7 Å². The summed E-state index contributed by atoms with van der Waals surface area (Å²) in [4.78, 5) is 12.1. The zero-order valence-corrected chi connectivity index (χ0v) is 9.67. The Hall–Kier alpha value is -1.00. The van der Waals surface area contributed by atoms with Crippen molar-refractivity contribution < 1.29 is 10.0 Å². The molecule has 1 rings (SSSR count). The minimum atomic E-state index is -0.390. The number of benzene rings is 1. The first-order valence-electron chi connectivity index (χ1n) is 4.80. The van der Waals surface area contributed by atoms with Crippen LogP contribution in [-0.4, -0.2) is 16.4 Å². The molecule has 0 aliphatic carbocycles. The molecule has 0 bridgehead atoms. The molecular formula is C11H15NO2S. The van der Waals surface area contributed by atoms with Crippen molar-refractivity contribution in [1.29, 1.82) is 0 Å². The first-order valence-corrected chi connectivity index (χ1v) is 5.68. The van der Waals surface area contributed by atoms with Gasteiger partial charge in [-0.2, -0.15) is 0 Å². The maximum atomic E-state index is 10.9. The summed E-state index contributed by atoms with van der Waals surface area (Å²) in [5.41, 5.74) is 2.51. The molecule has 0 atom stereocenters. The van der Waals surface area contributed by atoms with Crippen molar-refractivity contribution >= 4 is 17.7 Å². The zero-order chi connectivity index (χ0) is 11.3. The Kier molecular flexibility index (Phi) is 4.65. The van der Waals surface area contributed by atoms with Crippen LogP contribution in [0.5, 0.6) is 0 Å². The highest BCUT2D eigenvalue weighted by atomic mass is 32.2. The average molecular weight is 225 g/mol. The molecule has 0 fully saturated rings. The Morgan fingerprint density at radius 2 is 2.00 bits per heavy atom. The third-order valence-electron chi connectivity index (χ3n) is 1.78. The number of nitrogens with one attached hydrogen (secondary N) is 1. The van der Waals surface area contributed by atoms with Crippen LogP contribution < -0.4 is 5.48 Å². The van der Waals surface area contributed by atoms with Crippen LogP contribution in [0.15, 0.2) is 29.2 Å². The van der Waals surface area contributed by atoms with Gasteiger partial charge in [0, 0.05) is 10.1 Å². The number of hydroxylamine groups is 1. The fourth-order valence-corrected chi connectivity index (χ4v) is 2.02. The molecule has 1 aromatic carbocycles. The highest BCUT2D eigenvalue weighted by Gasteiger charge is 2.02. The lowest BCUT2D eigenvalue weighted by Crippen LogP contribution is -2.20. The molecule has 0 spiro atoms. The third-order valence-corrected chi connectivity index (χ3v) is 2.80. The summed E-state index contributed by atoms with van der Waals surface area (Å²) in [7, 11) is 0. The smallest absolute Gasteiger partial charge is 0.247 e. The summed E-state index contributed by atoms with van der Waals surface area (Å²) in [5, 5.41) is 8.92. The Balaban J connectivity index is 2.60. The molecule has 1 amide bonds. The van der Waals surface area contributed by atoms with Crippen LogP contribution in [0.3, 0.4) is 0 Å². The number of amides is 1. The predicted octanol–water partition coefficient (Wildman–Crippen LogP) is 2.23. The molecule has 0 aliphatic heterocycles. The van der Waals surface area contributed by atoms with Crippen molar-refractivity contribution in [2.75, 3.05) is 0 Å². The van der Waals surface area contributed by atoms with Crippen molar-refractivity contribution in [1.82, 2.24) is 5.48 Å². The lowest BCUT2D eigenvalue weighted by Gasteiger charge is -2.05. The molecule has 0 saturated carbocycles. The van der Waals surface area contributed by atoms with Gasteiger partial charge in [0.05, 0.1) is 6.42 Å². The number of hydrogen-bond acceptors (Lipinski definition) is 3. The molecule has 0 aromatic heterocycles. The number of hydrogen-bond donors (Lipinski definition) is 2. The Bertz CT molecular complexity index is 322. The molecule has 0 heterocycles. The summed E-state index contributed by atoms with van der Waals surface area (Å²) in [6.45, 7) is 4.27.